The number of phenols is 1. The third kappa shape index (κ3) is 4.44. The molecule has 1 fully saturated rings. The molecular formula is C26H34O4. The van der Waals surface area contributed by atoms with E-state index in [0.29, 0.717) is 23.8 Å². The van der Waals surface area contributed by atoms with Gasteiger partial charge < -0.3 is 19.7 Å². The smallest absolute Gasteiger partial charge is 0.131 e. The second kappa shape index (κ2) is 8.50. The number of aromatic hydroxyl groups is 1. The highest BCUT2D eigenvalue weighted by atomic mass is 16.5. The normalized spacial score (nSPS) is 25.5. The summed E-state index contributed by atoms with van der Waals surface area (Å²) >= 11 is 0. The second-order valence-corrected chi connectivity index (χ2v) is 9.55. The Morgan fingerprint density at radius 2 is 1.93 bits per heavy atom. The van der Waals surface area contributed by atoms with Crippen LogP contribution in [0.25, 0.3) is 0 Å². The van der Waals surface area contributed by atoms with E-state index in [0.717, 1.165) is 37.7 Å². The molecule has 1 aliphatic carbocycles. The van der Waals surface area contributed by atoms with Gasteiger partial charge in [-0.1, -0.05) is 30.3 Å². The second-order valence-electron chi connectivity index (χ2n) is 9.55. The van der Waals surface area contributed by atoms with Crippen LogP contribution in [0.5, 0.6) is 17.2 Å². The lowest BCUT2D eigenvalue weighted by atomic mass is 9.66. The van der Waals surface area contributed by atoms with E-state index in [1.807, 2.05) is 12.1 Å². The number of phenolic OH excluding ortho intramolecular Hbond substituents is 1. The van der Waals surface area contributed by atoms with Crippen LogP contribution in [0.1, 0.15) is 69.9 Å². The van der Waals surface area contributed by atoms with Crippen LogP contribution in [0.4, 0.5) is 0 Å². The van der Waals surface area contributed by atoms with E-state index in [1.165, 1.54) is 5.56 Å². The van der Waals surface area contributed by atoms with E-state index in [9.17, 15) is 10.2 Å². The van der Waals surface area contributed by atoms with Gasteiger partial charge >= 0.3 is 0 Å². The SMILES string of the molecule is CC(CCCc1ccccc1)Oc1cc(O)c2c(c1)OC(C)(C)[C@@H]1CC[C@@H](O)C[C@@H]21. The van der Waals surface area contributed by atoms with Crippen molar-refractivity contribution >= 4 is 0 Å². The fourth-order valence-electron chi connectivity index (χ4n) is 5.30. The number of aliphatic hydroxyl groups is 1. The summed E-state index contributed by atoms with van der Waals surface area (Å²) in [6.07, 6.45) is 5.14. The van der Waals surface area contributed by atoms with Crippen molar-refractivity contribution in [2.24, 2.45) is 5.92 Å². The van der Waals surface area contributed by atoms with E-state index >= 15 is 0 Å². The molecule has 2 aromatic rings. The third-order valence-electron chi connectivity index (χ3n) is 6.81. The lowest BCUT2D eigenvalue weighted by Gasteiger charge is -2.48. The summed E-state index contributed by atoms with van der Waals surface area (Å²) in [5.41, 5.74) is 1.85. The molecule has 162 valence electrons. The number of rotatable bonds is 6. The van der Waals surface area contributed by atoms with Crippen LogP contribution < -0.4 is 9.47 Å². The molecule has 4 rings (SSSR count). The average molecular weight is 411 g/mol. The molecule has 2 N–H and O–H groups in total. The van der Waals surface area contributed by atoms with Gasteiger partial charge in [-0.05, 0) is 64.9 Å². The Labute approximate surface area is 179 Å². The summed E-state index contributed by atoms with van der Waals surface area (Å²) in [7, 11) is 0. The summed E-state index contributed by atoms with van der Waals surface area (Å²) in [6.45, 7) is 6.30. The van der Waals surface area contributed by atoms with Gasteiger partial charge in [0.15, 0.2) is 0 Å². The lowest BCUT2D eigenvalue weighted by molar-refractivity contribution is -0.0318. The molecule has 4 atom stereocenters. The summed E-state index contributed by atoms with van der Waals surface area (Å²) in [4.78, 5) is 0. The molecule has 1 heterocycles. The summed E-state index contributed by atoms with van der Waals surface area (Å²) < 4.78 is 12.5. The molecule has 0 radical (unpaired) electrons. The fourth-order valence-corrected chi connectivity index (χ4v) is 5.30. The number of ether oxygens (including phenoxy) is 2. The number of hydrogen-bond acceptors (Lipinski definition) is 4. The number of aryl methyl sites for hydroxylation is 1. The van der Waals surface area contributed by atoms with Crippen molar-refractivity contribution in [3.8, 4) is 17.2 Å². The van der Waals surface area contributed by atoms with Gasteiger partial charge in [-0.2, -0.15) is 0 Å². The molecule has 0 saturated heterocycles. The van der Waals surface area contributed by atoms with Gasteiger partial charge in [0.1, 0.15) is 22.8 Å². The molecule has 1 aliphatic heterocycles. The quantitative estimate of drug-likeness (QED) is 0.651. The van der Waals surface area contributed by atoms with Crippen LogP contribution in [0.2, 0.25) is 0 Å². The van der Waals surface area contributed by atoms with E-state index in [2.05, 4.69) is 45.0 Å². The van der Waals surface area contributed by atoms with Crippen LogP contribution in [0.15, 0.2) is 42.5 Å². The first-order chi connectivity index (χ1) is 14.3. The molecule has 4 heteroatoms. The topological polar surface area (TPSA) is 58.9 Å². The molecule has 0 amide bonds. The van der Waals surface area contributed by atoms with Crippen molar-refractivity contribution < 1.29 is 19.7 Å². The number of fused-ring (bicyclic) bond motifs is 3. The predicted octanol–water partition coefficient (Wildman–Crippen LogP) is 5.60. The van der Waals surface area contributed by atoms with Gasteiger partial charge in [0, 0.05) is 29.5 Å². The molecule has 1 saturated carbocycles. The molecule has 0 aromatic heterocycles. The van der Waals surface area contributed by atoms with Crippen molar-refractivity contribution in [2.75, 3.05) is 0 Å². The number of hydrogen-bond donors (Lipinski definition) is 2. The highest BCUT2D eigenvalue weighted by Crippen LogP contribution is 2.55. The average Bonchev–Trinajstić information content (AvgIpc) is 2.67. The van der Waals surface area contributed by atoms with E-state index in [4.69, 9.17) is 9.47 Å². The first-order valence-electron chi connectivity index (χ1n) is 11.3. The molecule has 4 nitrogen and oxygen atoms in total. The highest BCUT2D eigenvalue weighted by molar-refractivity contribution is 5.54. The van der Waals surface area contributed by atoms with Crippen molar-refractivity contribution in [3.05, 3.63) is 53.6 Å². The maximum absolute atomic E-state index is 10.8. The zero-order valence-electron chi connectivity index (χ0n) is 18.3. The summed E-state index contributed by atoms with van der Waals surface area (Å²) in [5, 5.41) is 21.1. The van der Waals surface area contributed by atoms with Crippen LogP contribution in [0, 0.1) is 5.92 Å². The first-order valence-corrected chi connectivity index (χ1v) is 11.3. The number of aliphatic hydroxyl groups excluding tert-OH is 1. The minimum Gasteiger partial charge on any atom is -0.507 e. The van der Waals surface area contributed by atoms with Gasteiger partial charge in [-0.3, -0.25) is 0 Å². The van der Waals surface area contributed by atoms with Gasteiger partial charge in [0.25, 0.3) is 0 Å². The first kappa shape index (κ1) is 21.0. The molecule has 0 bridgehead atoms. The van der Waals surface area contributed by atoms with Crippen LogP contribution in [-0.2, 0) is 6.42 Å². The molecule has 30 heavy (non-hydrogen) atoms. The predicted molar refractivity (Wildman–Crippen MR) is 118 cm³/mol. The van der Waals surface area contributed by atoms with Crippen molar-refractivity contribution in [3.63, 3.8) is 0 Å². The molecular weight excluding hydrogens is 376 g/mol. The number of benzene rings is 2. The Bertz CT molecular complexity index is 861. The van der Waals surface area contributed by atoms with Crippen LogP contribution in [0.3, 0.4) is 0 Å². The Morgan fingerprint density at radius 3 is 2.70 bits per heavy atom. The van der Waals surface area contributed by atoms with E-state index in [-0.39, 0.29) is 29.5 Å². The third-order valence-corrected chi connectivity index (χ3v) is 6.81. The van der Waals surface area contributed by atoms with Crippen LogP contribution in [-0.4, -0.2) is 28.0 Å². The molecule has 0 spiro atoms. The standard InChI is InChI=1S/C26H34O4/c1-17(8-7-11-18-9-5-4-6-10-18)29-20-15-23(28)25-21-14-19(27)12-13-22(21)26(2,3)30-24(25)16-20/h4-6,9-10,15-17,19,21-22,27-28H,7-8,11-14H2,1-3H3/t17?,19-,21-,22-/m1/s1. The zero-order valence-corrected chi connectivity index (χ0v) is 18.3. The van der Waals surface area contributed by atoms with Gasteiger partial charge in [0.05, 0.1) is 12.2 Å². The lowest BCUT2D eigenvalue weighted by Crippen LogP contribution is -2.47. The van der Waals surface area contributed by atoms with Crippen molar-refractivity contribution in [2.45, 2.75) is 83.0 Å². The van der Waals surface area contributed by atoms with Gasteiger partial charge in [-0.25, -0.2) is 0 Å². The molecule has 2 aromatic carbocycles. The minimum absolute atomic E-state index is 0.0482. The Kier molecular flexibility index (Phi) is 5.97. The fraction of sp³-hybridized carbons (Fsp3) is 0.538. The summed E-state index contributed by atoms with van der Waals surface area (Å²) in [5.74, 6) is 1.97. The van der Waals surface area contributed by atoms with Crippen molar-refractivity contribution in [1.82, 2.24) is 0 Å². The van der Waals surface area contributed by atoms with Gasteiger partial charge in [0.2, 0.25) is 0 Å². The monoisotopic (exact) mass is 410 g/mol. The molecule has 2 aliphatic rings. The zero-order chi connectivity index (χ0) is 21.3. The summed E-state index contributed by atoms with van der Waals surface area (Å²) in [6, 6.07) is 14.1. The Balaban J connectivity index is 1.45. The largest absolute Gasteiger partial charge is 0.507 e. The van der Waals surface area contributed by atoms with Crippen molar-refractivity contribution in [1.29, 1.82) is 0 Å². The Morgan fingerprint density at radius 1 is 1.17 bits per heavy atom. The highest BCUT2D eigenvalue weighted by Gasteiger charge is 2.47. The maximum Gasteiger partial charge on any atom is 0.131 e. The van der Waals surface area contributed by atoms with Crippen LogP contribution >= 0.6 is 0 Å². The maximum atomic E-state index is 10.8. The Hall–Kier alpha value is -2.20. The van der Waals surface area contributed by atoms with E-state index < -0.39 is 0 Å². The van der Waals surface area contributed by atoms with E-state index in [1.54, 1.807) is 6.07 Å². The minimum atomic E-state index is -0.329. The van der Waals surface area contributed by atoms with Gasteiger partial charge in [-0.15, -0.1) is 0 Å². The molecule has 1 unspecified atom stereocenters.